The molecule has 0 aromatic carbocycles. The van der Waals surface area contributed by atoms with Gasteiger partial charge in [0.25, 0.3) is 0 Å². The monoisotopic (exact) mass is 312 g/mol. The second kappa shape index (κ2) is 6.88. The summed E-state index contributed by atoms with van der Waals surface area (Å²) in [6, 6.07) is 0. The van der Waals surface area contributed by atoms with Gasteiger partial charge in [-0.05, 0) is 12.8 Å². The fourth-order valence-electron chi connectivity index (χ4n) is 1.85. The maximum Gasteiger partial charge on any atom is 0.226 e. The van der Waals surface area contributed by atoms with Crippen LogP contribution in [0, 0.1) is 5.92 Å². The molecule has 0 aliphatic rings. The SMILES string of the molecule is CCC(C)C(C)(O)CNC(=O)Cc1csc(C(C)(C)C)n1. The minimum Gasteiger partial charge on any atom is -0.388 e. The highest BCUT2D eigenvalue weighted by Crippen LogP contribution is 2.25. The summed E-state index contributed by atoms with van der Waals surface area (Å²) in [5.41, 5.74) is -0.0616. The van der Waals surface area contributed by atoms with Crippen molar-refractivity contribution in [2.75, 3.05) is 6.54 Å². The van der Waals surface area contributed by atoms with E-state index in [0.717, 1.165) is 17.1 Å². The first-order valence-electron chi connectivity index (χ1n) is 7.50. The van der Waals surface area contributed by atoms with E-state index in [2.05, 4.69) is 31.1 Å². The summed E-state index contributed by atoms with van der Waals surface area (Å²) >= 11 is 1.59. The van der Waals surface area contributed by atoms with Crippen molar-refractivity contribution in [1.29, 1.82) is 0 Å². The fourth-order valence-corrected chi connectivity index (χ4v) is 2.76. The Labute approximate surface area is 132 Å². The predicted octanol–water partition coefficient (Wildman–Crippen LogP) is 2.90. The summed E-state index contributed by atoms with van der Waals surface area (Å²) in [5.74, 6) is 0.0499. The van der Waals surface area contributed by atoms with Crippen LogP contribution in [0.25, 0.3) is 0 Å². The molecule has 1 amide bonds. The maximum atomic E-state index is 12.0. The van der Waals surface area contributed by atoms with Crippen molar-refractivity contribution in [3.63, 3.8) is 0 Å². The zero-order valence-electron chi connectivity index (χ0n) is 14.0. The van der Waals surface area contributed by atoms with Crippen LogP contribution in [0.5, 0.6) is 0 Å². The van der Waals surface area contributed by atoms with Gasteiger partial charge in [0.05, 0.1) is 22.7 Å². The molecule has 0 aliphatic heterocycles. The number of nitrogens with zero attached hydrogens (tertiary/aromatic N) is 1. The summed E-state index contributed by atoms with van der Waals surface area (Å²) in [7, 11) is 0. The molecule has 0 saturated carbocycles. The molecule has 2 unspecified atom stereocenters. The molecular weight excluding hydrogens is 284 g/mol. The number of hydrogen-bond acceptors (Lipinski definition) is 4. The van der Waals surface area contributed by atoms with Gasteiger partial charge in [-0.3, -0.25) is 4.79 Å². The minimum atomic E-state index is -0.872. The Balaban J connectivity index is 2.53. The number of rotatable bonds is 6. The summed E-state index contributed by atoms with van der Waals surface area (Å²) in [4.78, 5) is 16.5. The van der Waals surface area contributed by atoms with Crippen molar-refractivity contribution in [3.8, 4) is 0 Å². The maximum absolute atomic E-state index is 12.0. The summed E-state index contributed by atoms with van der Waals surface area (Å²) in [6.07, 6.45) is 1.15. The highest BCUT2D eigenvalue weighted by molar-refractivity contribution is 7.09. The molecule has 1 rings (SSSR count). The Morgan fingerprint density at radius 3 is 2.52 bits per heavy atom. The van der Waals surface area contributed by atoms with E-state index in [1.165, 1.54) is 0 Å². The van der Waals surface area contributed by atoms with Gasteiger partial charge >= 0.3 is 0 Å². The topological polar surface area (TPSA) is 62.2 Å². The molecule has 5 heteroatoms. The van der Waals surface area contributed by atoms with E-state index < -0.39 is 5.60 Å². The predicted molar refractivity (Wildman–Crippen MR) is 87.6 cm³/mol. The van der Waals surface area contributed by atoms with Crippen LogP contribution in [-0.2, 0) is 16.6 Å². The van der Waals surface area contributed by atoms with Gasteiger partial charge in [-0.2, -0.15) is 0 Å². The van der Waals surface area contributed by atoms with Gasteiger partial charge in [0.1, 0.15) is 0 Å². The molecule has 0 radical (unpaired) electrons. The van der Waals surface area contributed by atoms with Gasteiger partial charge in [-0.15, -0.1) is 11.3 Å². The lowest BCUT2D eigenvalue weighted by atomic mass is 9.88. The number of carbonyl (C=O) groups is 1. The number of thiazole rings is 1. The largest absolute Gasteiger partial charge is 0.388 e. The number of aliphatic hydroxyl groups is 1. The third-order valence-electron chi connectivity index (χ3n) is 3.85. The van der Waals surface area contributed by atoms with Crippen LogP contribution in [0.1, 0.15) is 58.7 Å². The van der Waals surface area contributed by atoms with E-state index in [9.17, 15) is 9.90 Å². The Kier molecular flexibility index (Phi) is 5.93. The molecule has 1 heterocycles. The molecule has 120 valence electrons. The van der Waals surface area contributed by atoms with Crippen molar-refractivity contribution in [3.05, 3.63) is 16.1 Å². The molecule has 0 saturated heterocycles. The number of hydrogen-bond donors (Lipinski definition) is 2. The molecule has 1 aromatic heterocycles. The lowest BCUT2D eigenvalue weighted by Crippen LogP contribution is -2.45. The fraction of sp³-hybridized carbons (Fsp3) is 0.750. The second-order valence-corrected chi connectivity index (χ2v) is 7.87. The summed E-state index contributed by atoms with van der Waals surface area (Å²) in [6.45, 7) is 12.4. The van der Waals surface area contributed by atoms with Crippen LogP contribution in [-0.4, -0.2) is 28.1 Å². The third kappa shape index (κ3) is 5.40. The lowest BCUT2D eigenvalue weighted by Gasteiger charge is -2.29. The highest BCUT2D eigenvalue weighted by Gasteiger charge is 2.27. The van der Waals surface area contributed by atoms with Gasteiger partial charge < -0.3 is 10.4 Å². The van der Waals surface area contributed by atoms with Gasteiger partial charge in [-0.1, -0.05) is 41.0 Å². The standard InChI is InChI=1S/C16H28N2O2S/c1-7-11(2)16(6,20)10-17-13(19)8-12-9-21-14(18-12)15(3,4)5/h9,11,20H,7-8,10H2,1-6H3,(H,17,19). The smallest absolute Gasteiger partial charge is 0.226 e. The molecule has 2 atom stereocenters. The van der Waals surface area contributed by atoms with Gasteiger partial charge in [0, 0.05) is 17.3 Å². The van der Waals surface area contributed by atoms with Crippen LogP contribution in [0.3, 0.4) is 0 Å². The first-order valence-corrected chi connectivity index (χ1v) is 8.38. The van der Waals surface area contributed by atoms with Crippen molar-refractivity contribution in [2.24, 2.45) is 5.92 Å². The third-order valence-corrected chi connectivity index (χ3v) is 5.17. The summed E-state index contributed by atoms with van der Waals surface area (Å²) in [5, 5.41) is 16.1. The van der Waals surface area contributed by atoms with Crippen molar-refractivity contribution < 1.29 is 9.90 Å². The second-order valence-electron chi connectivity index (χ2n) is 7.01. The Morgan fingerprint density at radius 1 is 1.43 bits per heavy atom. The van der Waals surface area contributed by atoms with Crippen molar-refractivity contribution >= 4 is 17.2 Å². The van der Waals surface area contributed by atoms with Crippen LogP contribution < -0.4 is 5.32 Å². The molecule has 0 spiro atoms. The Bertz CT molecular complexity index is 475. The van der Waals surface area contributed by atoms with Crippen LogP contribution in [0.4, 0.5) is 0 Å². The highest BCUT2D eigenvalue weighted by atomic mass is 32.1. The molecule has 1 aromatic rings. The Morgan fingerprint density at radius 2 is 2.05 bits per heavy atom. The van der Waals surface area contributed by atoms with Crippen molar-refractivity contribution in [1.82, 2.24) is 10.3 Å². The van der Waals surface area contributed by atoms with Crippen LogP contribution in [0.15, 0.2) is 5.38 Å². The number of aromatic nitrogens is 1. The van der Waals surface area contributed by atoms with Crippen LogP contribution in [0.2, 0.25) is 0 Å². The van der Waals surface area contributed by atoms with Gasteiger partial charge in [-0.25, -0.2) is 4.98 Å². The normalized spacial score (nSPS) is 16.3. The molecule has 2 N–H and O–H groups in total. The average molecular weight is 312 g/mol. The molecular formula is C16H28N2O2S. The van der Waals surface area contributed by atoms with E-state index >= 15 is 0 Å². The number of carbonyl (C=O) groups excluding carboxylic acids is 1. The first-order chi connectivity index (χ1) is 9.56. The van der Waals surface area contributed by atoms with E-state index in [1.807, 2.05) is 19.2 Å². The molecule has 4 nitrogen and oxygen atoms in total. The summed E-state index contributed by atoms with van der Waals surface area (Å²) < 4.78 is 0. The molecule has 0 bridgehead atoms. The Hall–Kier alpha value is -0.940. The zero-order valence-corrected chi connectivity index (χ0v) is 14.8. The number of nitrogens with one attached hydrogen (secondary N) is 1. The van der Waals surface area contributed by atoms with E-state index in [-0.39, 0.29) is 30.2 Å². The first kappa shape index (κ1) is 18.1. The van der Waals surface area contributed by atoms with E-state index in [0.29, 0.717) is 0 Å². The lowest BCUT2D eigenvalue weighted by molar-refractivity contribution is -0.122. The van der Waals surface area contributed by atoms with Crippen LogP contribution >= 0.6 is 11.3 Å². The number of amides is 1. The molecule has 0 aliphatic carbocycles. The zero-order chi connectivity index (χ0) is 16.3. The quantitative estimate of drug-likeness (QED) is 0.849. The molecule has 21 heavy (non-hydrogen) atoms. The minimum absolute atomic E-state index is 0.0135. The average Bonchev–Trinajstić information content (AvgIpc) is 2.84. The van der Waals surface area contributed by atoms with Crippen molar-refractivity contribution in [2.45, 2.75) is 65.4 Å². The van der Waals surface area contributed by atoms with E-state index in [1.54, 1.807) is 18.3 Å². The van der Waals surface area contributed by atoms with Gasteiger partial charge in [0.2, 0.25) is 5.91 Å². The van der Waals surface area contributed by atoms with Gasteiger partial charge in [0.15, 0.2) is 0 Å². The van der Waals surface area contributed by atoms with E-state index in [4.69, 9.17) is 0 Å². The molecule has 0 fully saturated rings.